The summed E-state index contributed by atoms with van der Waals surface area (Å²) in [4.78, 5) is 53.3. The van der Waals surface area contributed by atoms with Crippen molar-refractivity contribution in [1.29, 1.82) is 0 Å². The lowest BCUT2D eigenvalue weighted by Crippen LogP contribution is -2.48. The van der Waals surface area contributed by atoms with Crippen LogP contribution in [0.5, 0.6) is 0 Å². The maximum Gasteiger partial charge on any atom is 0.262 e. The number of likely N-dealkylation sites (N-methyl/N-ethyl adjacent to an activating group) is 1. The number of anilines is 1. The molecule has 0 spiro atoms. The fourth-order valence-corrected chi connectivity index (χ4v) is 4.17. The average molecular weight is 484 g/mol. The number of rotatable bonds is 6. The van der Waals surface area contributed by atoms with Crippen molar-refractivity contribution >= 4 is 52.3 Å². The Morgan fingerprint density at radius 1 is 1.30 bits per heavy atom. The number of primary amides is 1. The van der Waals surface area contributed by atoms with E-state index in [9.17, 15) is 19.2 Å². The number of fused-ring (bicyclic) bond motifs is 1. The standard InChI is InChI=1S/C18H21IN4O4/c1-21-6-7-22(10-15(21)19)11-4-5-12-13(9-11)18(27)23(17(12)26)14(16(20)25)3-2-8-24/h4-5,8-9,14-15H,2-3,6-7,10H2,1H3,(H2,20,25). The van der Waals surface area contributed by atoms with Crippen LogP contribution in [0, 0.1) is 0 Å². The summed E-state index contributed by atoms with van der Waals surface area (Å²) in [5, 5.41) is 0. The normalized spacial score (nSPS) is 21.3. The molecule has 0 radical (unpaired) electrons. The van der Waals surface area contributed by atoms with E-state index >= 15 is 0 Å². The topological polar surface area (TPSA) is 104 Å². The van der Waals surface area contributed by atoms with Crippen LogP contribution in [0.25, 0.3) is 0 Å². The molecule has 0 aliphatic carbocycles. The van der Waals surface area contributed by atoms with E-state index in [0.29, 0.717) is 10.3 Å². The molecule has 8 nitrogen and oxygen atoms in total. The Balaban J connectivity index is 1.88. The van der Waals surface area contributed by atoms with Gasteiger partial charge in [0.05, 0.1) is 15.2 Å². The zero-order chi connectivity index (χ0) is 19.7. The molecular formula is C18H21IN4O4. The fraction of sp³-hybridized carbons (Fsp3) is 0.444. The first kappa shape index (κ1) is 19.7. The van der Waals surface area contributed by atoms with Crippen molar-refractivity contribution in [3.05, 3.63) is 29.3 Å². The molecule has 2 aliphatic rings. The van der Waals surface area contributed by atoms with Gasteiger partial charge >= 0.3 is 0 Å². The number of hydrogen-bond donors (Lipinski definition) is 1. The fourth-order valence-electron chi connectivity index (χ4n) is 3.42. The highest BCUT2D eigenvalue weighted by Crippen LogP contribution is 2.31. The molecule has 1 saturated heterocycles. The number of alkyl halides is 1. The number of halogens is 1. The third kappa shape index (κ3) is 3.70. The second kappa shape index (κ2) is 7.93. The first-order valence-electron chi connectivity index (χ1n) is 8.69. The third-order valence-electron chi connectivity index (χ3n) is 5.04. The van der Waals surface area contributed by atoms with Crippen LogP contribution in [0.2, 0.25) is 0 Å². The summed E-state index contributed by atoms with van der Waals surface area (Å²) in [5.74, 6) is -1.87. The zero-order valence-electron chi connectivity index (χ0n) is 14.9. The van der Waals surface area contributed by atoms with Crippen LogP contribution < -0.4 is 10.6 Å². The quantitative estimate of drug-likeness (QED) is 0.209. The van der Waals surface area contributed by atoms with E-state index in [2.05, 4.69) is 39.4 Å². The maximum absolute atomic E-state index is 12.8. The summed E-state index contributed by atoms with van der Waals surface area (Å²) in [6.45, 7) is 2.54. The molecule has 27 heavy (non-hydrogen) atoms. The highest BCUT2D eigenvalue weighted by atomic mass is 127. The molecule has 144 valence electrons. The molecule has 2 heterocycles. The Labute approximate surface area is 170 Å². The van der Waals surface area contributed by atoms with Crippen molar-refractivity contribution in [3.63, 3.8) is 0 Å². The lowest BCUT2D eigenvalue weighted by atomic mass is 10.1. The molecule has 2 N–H and O–H groups in total. The monoisotopic (exact) mass is 484 g/mol. The Bertz CT molecular complexity index is 800. The molecular weight excluding hydrogens is 463 g/mol. The number of piperazine rings is 1. The number of imide groups is 1. The lowest BCUT2D eigenvalue weighted by molar-refractivity contribution is -0.122. The van der Waals surface area contributed by atoms with Gasteiger partial charge in [-0.3, -0.25) is 24.2 Å². The van der Waals surface area contributed by atoms with E-state index < -0.39 is 23.8 Å². The van der Waals surface area contributed by atoms with Gasteiger partial charge in [0, 0.05) is 31.7 Å². The number of amides is 3. The summed E-state index contributed by atoms with van der Waals surface area (Å²) in [5.41, 5.74) is 6.79. The van der Waals surface area contributed by atoms with Gasteiger partial charge in [0.15, 0.2) is 0 Å². The minimum Gasteiger partial charge on any atom is -0.368 e. The highest BCUT2D eigenvalue weighted by Gasteiger charge is 2.42. The number of aldehydes is 1. The Hall–Kier alpha value is -2.01. The molecule has 3 rings (SSSR count). The second-order valence-electron chi connectivity index (χ2n) is 6.73. The van der Waals surface area contributed by atoms with E-state index in [1.807, 2.05) is 6.07 Å². The average Bonchev–Trinajstić information content (AvgIpc) is 2.88. The molecule has 2 aliphatic heterocycles. The van der Waals surface area contributed by atoms with E-state index in [-0.39, 0.29) is 24.0 Å². The van der Waals surface area contributed by atoms with Gasteiger partial charge in [-0.15, -0.1) is 0 Å². The zero-order valence-corrected chi connectivity index (χ0v) is 17.1. The van der Waals surface area contributed by atoms with Gasteiger partial charge in [-0.1, -0.05) is 22.6 Å². The van der Waals surface area contributed by atoms with Crippen LogP contribution in [0.1, 0.15) is 33.6 Å². The summed E-state index contributed by atoms with van der Waals surface area (Å²) in [7, 11) is 2.07. The third-order valence-corrected chi connectivity index (χ3v) is 6.38. The molecule has 1 aromatic rings. The summed E-state index contributed by atoms with van der Waals surface area (Å²) >= 11 is 2.38. The predicted octanol–water partition coefficient (Wildman–Crippen LogP) is 0.629. The number of carbonyl (C=O) groups excluding carboxylic acids is 4. The minimum atomic E-state index is -1.12. The number of nitrogens with two attached hydrogens (primary N) is 1. The van der Waals surface area contributed by atoms with Crippen molar-refractivity contribution in [2.24, 2.45) is 5.73 Å². The van der Waals surface area contributed by atoms with Crippen LogP contribution in [-0.4, -0.2) is 70.6 Å². The van der Waals surface area contributed by atoms with Crippen LogP contribution in [-0.2, 0) is 9.59 Å². The molecule has 9 heteroatoms. The van der Waals surface area contributed by atoms with E-state index in [1.54, 1.807) is 12.1 Å². The van der Waals surface area contributed by atoms with Crippen molar-refractivity contribution in [3.8, 4) is 0 Å². The minimum absolute atomic E-state index is 0.0339. The molecule has 1 fully saturated rings. The van der Waals surface area contributed by atoms with Crippen LogP contribution in [0.3, 0.4) is 0 Å². The van der Waals surface area contributed by atoms with E-state index in [4.69, 9.17) is 5.73 Å². The van der Waals surface area contributed by atoms with Gasteiger partial charge < -0.3 is 15.4 Å². The van der Waals surface area contributed by atoms with Gasteiger partial charge in [-0.25, -0.2) is 0 Å². The molecule has 0 saturated carbocycles. The summed E-state index contributed by atoms with van der Waals surface area (Å²) in [6, 6.07) is 4.05. The first-order valence-corrected chi connectivity index (χ1v) is 9.94. The SMILES string of the molecule is CN1CCN(c2ccc3c(c2)C(=O)N(C(CCC=O)C(N)=O)C3=O)CC1I. The van der Waals surface area contributed by atoms with Gasteiger partial charge in [-0.05, 0) is 31.7 Å². The van der Waals surface area contributed by atoms with Crippen molar-refractivity contribution in [1.82, 2.24) is 9.80 Å². The Morgan fingerprint density at radius 2 is 2.00 bits per heavy atom. The molecule has 0 aromatic heterocycles. The smallest absolute Gasteiger partial charge is 0.262 e. The van der Waals surface area contributed by atoms with Crippen molar-refractivity contribution in [2.75, 3.05) is 31.6 Å². The van der Waals surface area contributed by atoms with Crippen LogP contribution in [0.15, 0.2) is 18.2 Å². The highest BCUT2D eigenvalue weighted by molar-refractivity contribution is 14.1. The van der Waals surface area contributed by atoms with Gasteiger partial charge in [0.1, 0.15) is 12.3 Å². The van der Waals surface area contributed by atoms with Gasteiger partial charge in [0.25, 0.3) is 11.8 Å². The maximum atomic E-state index is 12.8. The molecule has 1 aromatic carbocycles. The molecule has 2 atom stereocenters. The lowest BCUT2D eigenvalue weighted by Gasteiger charge is -2.38. The second-order valence-corrected chi connectivity index (χ2v) is 8.17. The summed E-state index contributed by atoms with van der Waals surface area (Å²) < 4.78 is 0.348. The van der Waals surface area contributed by atoms with Crippen molar-refractivity contribution in [2.45, 2.75) is 22.9 Å². The number of carbonyl (C=O) groups is 4. The summed E-state index contributed by atoms with van der Waals surface area (Å²) in [6.07, 6.45) is 0.719. The predicted molar refractivity (Wildman–Crippen MR) is 108 cm³/mol. The molecule has 3 amide bonds. The number of hydrogen-bond acceptors (Lipinski definition) is 6. The van der Waals surface area contributed by atoms with Crippen molar-refractivity contribution < 1.29 is 19.2 Å². The number of benzene rings is 1. The van der Waals surface area contributed by atoms with Crippen LogP contribution in [0.4, 0.5) is 5.69 Å². The largest absolute Gasteiger partial charge is 0.368 e. The van der Waals surface area contributed by atoms with E-state index in [0.717, 1.165) is 30.2 Å². The van der Waals surface area contributed by atoms with Crippen LogP contribution >= 0.6 is 22.6 Å². The van der Waals surface area contributed by atoms with E-state index in [1.165, 1.54) is 0 Å². The Morgan fingerprint density at radius 3 is 2.63 bits per heavy atom. The number of nitrogens with zero attached hydrogens (tertiary/aromatic N) is 3. The Kier molecular flexibility index (Phi) is 5.80. The van der Waals surface area contributed by atoms with Gasteiger partial charge in [0.2, 0.25) is 5.91 Å². The molecule has 2 unspecified atom stereocenters. The first-order chi connectivity index (χ1) is 12.8. The molecule has 0 bridgehead atoms. The van der Waals surface area contributed by atoms with Gasteiger partial charge in [-0.2, -0.15) is 0 Å².